The first-order valence-electron chi connectivity index (χ1n) is 7.57. The van der Waals surface area contributed by atoms with Crippen LogP contribution < -0.4 is 15.0 Å². The quantitative estimate of drug-likeness (QED) is 0.679. The monoisotopic (exact) mass is 341 g/mol. The van der Waals surface area contributed by atoms with Gasteiger partial charge in [-0.25, -0.2) is 0 Å². The van der Waals surface area contributed by atoms with Crippen LogP contribution in [0.2, 0.25) is 0 Å². The van der Waals surface area contributed by atoms with Crippen LogP contribution in [0, 0.1) is 10.1 Å². The Morgan fingerprint density at radius 2 is 1.92 bits per heavy atom. The molecule has 8 nitrogen and oxygen atoms in total. The molecule has 1 atom stereocenters. The number of hydrogen-bond donors (Lipinski definition) is 1. The summed E-state index contributed by atoms with van der Waals surface area (Å²) in [6.07, 6.45) is -0.861. The Morgan fingerprint density at radius 1 is 1.24 bits per heavy atom. The molecule has 1 heterocycles. The van der Waals surface area contributed by atoms with E-state index in [0.29, 0.717) is 17.1 Å². The molecule has 0 bridgehead atoms. The third kappa shape index (κ3) is 3.42. The van der Waals surface area contributed by atoms with Crippen molar-refractivity contribution in [1.82, 2.24) is 0 Å². The number of rotatable bonds is 4. The van der Waals surface area contributed by atoms with E-state index in [1.807, 2.05) is 0 Å². The lowest BCUT2D eigenvalue weighted by Gasteiger charge is -2.31. The maximum absolute atomic E-state index is 12.7. The van der Waals surface area contributed by atoms with E-state index in [2.05, 4.69) is 5.32 Å². The van der Waals surface area contributed by atoms with E-state index in [1.165, 1.54) is 29.2 Å². The highest BCUT2D eigenvalue weighted by Gasteiger charge is 2.30. The topological polar surface area (TPSA) is 102 Å². The van der Waals surface area contributed by atoms with Crippen molar-refractivity contribution in [2.75, 3.05) is 16.8 Å². The molecule has 0 saturated carbocycles. The molecule has 0 unspecified atom stereocenters. The van der Waals surface area contributed by atoms with Crippen LogP contribution in [0.3, 0.4) is 0 Å². The lowest BCUT2D eigenvalue weighted by molar-refractivity contribution is -0.384. The fourth-order valence-electron chi connectivity index (χ4n) is 2.55. The second-order valence-corrected chi connectivity index (χ2v) is 5.50. The minimum absolute atomic E-state index is 0.0621. The standard InChI is InChI=1S/C17H15N3O5/c1-11(25-13-8-6-12(7-9-13)20(23)24)17(22)19-10-16(21)18-14-4-2-3-5-15(14)19/h2-9,11H,10H2,1H3,(H,18,21)/t11-/m0/s1. The van der Waals surface area contributed by atoms with Crippen molar-refractivity contribution in [1.29, 1.82) is 0 Å². The highest BCUT2D eigenvalue weighted by molar-refractivity contribution is 6.10. The van der Waals surface area contributed by atoms with Gasteiger partial charge in [0.15, 0.2) is 6.10 Å². The maximum Gasteiger partial charge on any atom is 0.269 e. The molecule has 0 fully saturated rings. The lowest BCUT2D eigenvalue weighted by atomic mass is 10.1. The third-order valence-electron chi connectivity index (χ3n) is 3.74. The minimum Gasteiger partial charge on any atom is -0.481 e. The van der Waals surface area contributed by atoms with E-state index >= 15 is 0 Å². The zero-order valence-corrected chi connectivity index (χ0v) is 13.3. The van der Waals surface area contributed by atoms with Gasteiger partial charge in [-0.2, -0.15) is 0 Å². The van der Waals surface area contributed by atoms with Crippen molar-refractivity contribution in [3.8, 4) is 5.75 Å². The largest absolute Gasteiger partial charge is 0.481 e. The molecule has 0 radical (unpaired) electrons. The van der Waals surface area contributed by atoms with Crippen LogP contribution in [0.4, 0.5) is 17.1 Å². The number of nitrogens with zero attached hydrogens (tertiary/aromatic N) is 2. The van der Waals surface area contributed by atoms with Crippen LogP contribution in [0.1, 0.15) is 6.92 Å². The molecule has 1 aliphatic rings. The Bertz CT molecular complexity index is 834. The van der Waals surface area contributed by atoms with Gasteiger partial charge in [0, 0.05) is 12.1 Å². The van der Waals surface area contributed by atoms with Crippen LogP contribution in [0.25, 0.3) is 0 Å². The summed E-state index contributed by atoms with van der Waals surface area (Å²) in [6, 6.07) is 12.5. The van der Waals surface area contributed by atoms with Crippen molar-refractivity contribution < 1.29 is 19.2 Å². The number of hydrogen-bond acceptors (Lipinski definition) is 5. The Hall–Kier alpha value is -3.42. The molecule has 2 aromatic carbocycles. The van der Waals surface area contributed by atoms with Crippen molar-refractivity contribution >= 4 is 28.9 Å². The smallest absolute Gasteiger partial charge is 0.269 e. The van der Waals surface area contributed by atoms with Gasteiger partial charge in [-0.3, -0.25) is 24.6 Å². The highest BCUT2D eigenvalue weighted by atomic mass is 16.6. The van der Waals surface area contributed by atoms with Gasteiger partial charge in [-0.05, 0) is 31.2 Å². The summed E-state index contributed by atoms with van der Waals surface area (Å²) >= 11 is 0. The molecule has 0 saturated heterocycles. The SMILES string of the molecule is C[C@H](Oc1ccc([N+](=O)[O-])cc1)C(=O)N1CC(=O)Nc2ccccc21. The van der Waals surface area contributed by atoms with Crippen molar-refractivity contribution in [3.63, 3.8) is 0 Å². The Morgan fingerprint density at radius 3 is 2.60 bits per heavy atom. The van der Waals surface area contributed by atoms with E-state index < -0.39 is 11.0 Å². The number of carbonyl (C=O) groups excluding carboxylic acids is 2. The predicted octanol–water partition coefficient (Wildman–Crippen LogP) is 2.35. The van der Waals surface area contributed by atoms with Crippen molar-refractivity contribution in [2.24, 2.45) is 0 Å². The van der Waals surface area contributed by atoms with E-state index in [9.17, 15) is 19.7 Å². The van der Waals surface area contributed by atoms with Gasteiger partial charge in [0.2, 0.25) is 5.91 Å². The van der Waals surface area contributed by atoms with Gasteiger partial charge in [0.25, 0.3) is 11.6 Å². The second kappa shape index (κ2) is 6.60. The molecular formula is C17H15N3O5. The van der Waals surface area contributed by atoms with Crippen LogP contribution in [-0.2, 0) is 9.59 Å². The number of nitro groups is 1. The first-order valence-corrected chi connectivity index (χ1v) is 7.57. The van der Waals surface area contributed by atoms with Crippen LogP contribution in [-0.4, -0.2) is 29.4 Å². The summed E-state index contributed by atoms with van der Waals surface area (Å²) < 4.78 is 5.57. The molecule has 2 amide bonds. The molecule has 0 spiro atoms. The van der Waals surface area contributed by atoms with Crippen molar-refractivity contribution in [2.45, 2.75) is 13.0 Å². The number of nitro benzene ring substituents is 1. The molecular weight excluding hydrogens is 326 g/mol. The summed E-state index contributed by atoms with van der Waals surface area (Å²) in [7, 11) is 0. The fraction of sp³-hybridized carbons (Fsp3) is 0.176. The number of nitrogens with one attached hydrogen (secondary N) is 1. The number of amides is 2. The summed E-state index contributed by atoms with van der Waals surface area (Å²) in [5, 5.41) is 13.4. The molecule has 0 aliphatic carbocycles. The molecule has 3 rings (SSSR count). The van der Waals surface area contributed by atoms with Crippen LogP contribution in [0.15, 0.2) is 48.5 Å². The third-order valence-corrected chi connectivity index (χ3v) is 3.74. The van der Waals surface area contributed by atoms with Gasteiger partial charge < -0.3 is 10.1 Å². The highest BCUT2D eigenvalue weighted by Crippen LogP contribution is 2.29. The minimum atomic E-state index is -0.861. The predicted molar refractivity (Wildman–Crippen MR) is 90.6 cm³/mol. The van der Waals surface area contributed by atoms with Crippen molar-refractivity contribution in [3.05, 3.63) is 58.6 Å². The van der Waals surface area contributed by atoms with E-state index in [1.54, 1.807) is 31.2 Å². The molecule has 1 N–H and O–H groups in total. The number of ether oxygens (including phenoxy) is 1. The Kier molecular flexibility index (Phi) is 4.34. The van der Waals surface area contributed by atoms with Gasteiger partial charge in [-0.1, -0.05) is 12.1 Å². The summed E-state index contributed by atoms with van der Waals surface area (Å²) in [4.78, 5) is 36.0. The molecule has 25 heavy (non-hydrogen) atoms. The zero-order chi connectivity index (χ0) is 18.0. The molecule has 1 aliphatic heterocycles. The van der Waals surface area contributed by atoms with Gasteiger partial charge in [0.05, 0.1) is 16.3 Å². The number of carbonyl (C=O) groups is 2. The molecule has 128 valence electrons. The van der Waals surface area contributed by atoms with E-state index in [-0.39, 0.29) is 24.0 Å². The normalized spacial score (nSPS) is 14.3. The summed E-state index contributed by atoms with van der Waals surface area (Å²) in [6.45, 7) is 1.47. The van der Waals surface area contributed by atoms with Gasteiger partial charge >= 0.3 is 0 Å². The van der Waals surface area contributed by atoms with Gasteiger partial charge in [0.1, 0.15) is 12.3 Å². The Balaban J connectivity index is 1.76. The molecule has 8 heteroatoms. The number of fused-ring (bicyclic) bond motifs is 1. The zero-order valence-electron chi connectivity index (χ0n) is 13.3. The number of benzene rings is 2. The van der Waals surface area contributed by atoms with Crippen LogP contribution >= 0.6 is 0 Å². The van der Waals surface area contributed by atoms with Crippen LogP contribution in [0.5, 0.6) is 5.75 Å². The lowest BCUT2D eigenvalue weighted by Crippen LogP contribution is -2.47. The van der Waals surface area contributed by atoms with E-state index in [4.69, 9.17) is 4.74 Å². The summed E-state index contributed by atoms with van der Waals surface area (Å²) in [5.74, 6) is -0.323. The first-order chi connectivity index (χ1) is 12.0. The molecule has 2 aromatic rings. The molecule has 0 aromatic heterocycles. The average molecular weight is 341 g/mol. The average Bonchev–Trinajstić information content (AvgIpc) is 2.60. The number of anilines is 2. The number of non-ortho nitro benzene ring substituents is 1. The number of para-hydroxylation sites is 2. The van der Waals surface area contributed by atoms with Gasteiger partial charge in [-0.15, -0.1) is 0 Å². The second-order valence-electron chi connectivity index (χ2n) is 5.50. The summed E-state index contributed by atoms with van der Waals surface area (Å²) in [5.41, 5.74) is 1.11. The first kappa shape index (κ1) is 16.4. The maximum atomic E-state index is 12.7. The van der Waals surface area contributed by atoms with E-state index in [0.717, 1.165) is 0 Å². The fourth-order valence-corrected chi connectivity index (χ4v) is 2.55. The Labute approximate surface area is 143 Å².